The number of aromatic nitrogens is 3. The lowest BCUT2D eigenvalue weighted by Gasteiger charge is -2.14. The topological polar surface area (TPSA) is 72.1 Å². The molecule has 3 rings (SSSR count). The van der Waals surface area contributed by atoms with Crippen LogP contribution in [0.4, 0.5) is 0 Å². The van der Waals surface area contributed by atoms with Gasteiger partial charge in [-0.05, 0) is 25.7 Å². The number of aryl methyl sites for hydroxylation is 3. The third-order valence-electron chi connectivity index (χ3n) is 3.51. The number of hydrogen-bond acceptors (Lipinski definition) is 7. The van der Waals surface area contributed by atoms with Crippen LogP contribution in [0.1, 0.15) is 34.3 Å². The predicted molar refractivity (Wildman–Crippen MR) is 85.0 cm³/mol. The van der Waals surface area contributed by atoms with Crippen LogP contribution in [-0.2, 0) is 24.2 Å². The minimum absolute atomic E-state index is 0.0361. The van der Waals surface area contributed by atoms with Crippen LogP contribution in [0.3, 0.4) is 0 Å². The largest absolute Gasteiger partial charge is 0.416 e. The molecule has 0 unspecified atom stereocenters. The molecule has 1 amide bonds. The molecule has 22 heavy (non-hydrogen) atoms. The van der Waals surface area contributed by atoms with E-state index < -0.39 is 0 Å². The Kier molecular flexibility index (Phi) is 4.77. The molecule has 2 aromatic heterocycles. The average Bonchev–Trinajstić information content (AvgIpc) is 3.09. The van der Waals surface area contributed by atoms with E-state index in [1.807, 2.05) is 7.05 Å². The summed E-state index contributed by atoms with van der Waals surface area (Å²) in [7, 11) is 1.81. The van der Waals surface area contributed by atoms with Crippen molar-refractivity contribution in [3.8, 4) is 0 Å². The Balaban J connectivity index is 1.53. The Hall–Kier alpha value is -1.41. The van der Waals surface area contributed by atoms with Crippen LogP contribution in [0.5, 0.6) is 0 Å². The summed E-state index contributed by atoms with van der Waals surface area (Å²) in [5, 5.41) is 9.08. The van der Waals surface area contributed by atoms with Gasteiger partial charge in [0.25, 0.3) is 5.22 Å². The van der Waals surface area contributed by atoms with Crippen LogP contribution in [0.2, 0.25) is 0 Å². The van der Waals surface area contributed by atoms with Crippen molar-refractivity contribution in [3.63, 3.8) is 0 Å². The molecule has 8 heteroatoms. The van der Waals surface area contributed by atoms with E-state index in [2.05, 4.69) is 15.2 Å². The number of hydrogen-bond donors (Lipinski definition) is 0. The highest BCUT2D eigenvalue weighted by Gasteiger charge is 2.18. The Morgan fingerprint density at radius 3 is 2.91 bits per heavy atom. The molecule has 6 nitrogen and oxygen atoms in total. The van der Waals surface area contributed by atoms with Gasteiger partial charge in [0.2, 0.25) is 11.8 Å². The molecule has 2 aromatic rings. The molecular formula is C14H18N4O2S2. The number of fused-ring (bicyclic) bond motifs is 1. The smallest absolute Gasteiger partial charge is 0.277 e. The van der Waals surface area contributed by atoms with Crippen molar-refractivity contribution in [2.24, 2.45) is 0 Å². The van der Waals surface area contributed by atoms with E-state index in [0.717, 1.165) is 17.8 Å². The number of carbonyl (C=O) groups is 1. The Bertz CT molecular complexity index is 644. The first-order valence-electron chi connectivity index (χ1n) is 7.26. The van der Waals surface area contributed by atoms with E-state index in [-0.39, 0.29) is 5.91 Å². The molecule has 0 radical (unpaired) electrons. The van der Waals surface area contributed by atoms with Gasteiger partial charge in [0, 0.05) is 18.8 Å². The summed E-state index contributed by atoms with van der Waals surface area (Å²) in [4.78, 5) is 19.9. The number of thioether (sulfide) groups is 1. The quantitative estimate of drug-likeness (QED) is 0.780. The SMILES string of the molecule is Cc1nnc(SCC(=O)N(C)Cc2nc3c(s2)CCCC3)o1. The third-order valence-corrected chi connectivity index (χ3v) is 5.46. The maximum Gasteiger partial charge on any atom is 0.277 e. The van der Waals surface area contributed by atoms with E-state index in [9.17, 15) is 4.79 Å². The highest BCUT2D eigenvalue weighted by Crippen LogP contribution is 2.27. The van der Waals surface area contributed by atoms with Gasteiger partial charge in [0.05, 0.1) is 18.0 Å². The molecule has 2 heterocycles. The summed E-state index contributed by atoms with van der Waals surface area (Å²) >= 11 is 3.01. The first kappa shape index (κ1) is 15.5. The van der Waals surface area contributed by atoms with Gasteiger partial charge in [0.1, 0.15) is 5.01 Å². The zero-order valence-corrected chi connectivity index (χ0v) is 14.3. The first-order chi connectivity index (χ1) is 10.6. The van der Waals surface area contributed by atoms with Gasteiger partial charge in [-0.3, -0.25) is 4.79 Å². The maximum atomic E-state index is 12.2. The van der Waals surface area contributed by atoms with Gasteiger partial charge in [0.15, 0.2) is 0 Å². The summed E-state index contributed by atoms with van der Waals surface area (Å²) in [6, 6.07) is 0. The van der Waals surface area contributed by atoms with Gasteiger partial charge in [-0.25, -0.2) is 4.98 Å². The standard InChI is InChI=1S/C14H18N4O2S2/c1-9-16-17-14(20-9)21-8-13(19)18(2)7-12-15-10-5-3-4-6-11(10)22-12/h3-8H2,1-2H3. The predicted octanol–water partition coefficient (Wildman–Crippen LogP) is 2.46. The first-order valence-corrected chi connectivity index (χ1v) is 9.06. The minimum Gasteiger partial charge on any atom is -0.416 e. The molecule has 0 saturated heterocycles. The molecular weight excluding hydrogens is 320 g/mol. The summed E-state index contributed by atoms with van der Waals surface area (Å²) in [5.41, 5.74) is 1.24. The molecule has 0 atom stereocenters. The number of amides is 1. The fraction of sp³-hybridized carbons (Fsp3) is 0.571. The maximum absolute atomic E-state index is 12.2. The van der Waals surface area contributed by atoms with E-state index in [1.54, 1.807) is 23.2 Å². The van der Waals surface area contributed by atoms with E-state index in [1.165, 1.54) is 35.2 Å². The lowest BCUT2D eigenvalue weighted by atomic mass is 10.0. The van der Waals surface area contributed by atoms with Crippen molar-refractivity contribution in [1.82, 2.24) is 20.1 Å². The highest BCUT2D eigenvalue weighted by molar-refractivity contribution is 7.99. The fourth-order valence-corrected chi connectivity index (χ4v) is 4.29. The van der Waals surface area contributed by atoms with Crippen LogP contribution >= 0.6 is 23.1 Å². The van der Waals surface area contributed by atoms with Gasteiger partial charge in [-0.2, -0.15) is 0 Å². The van der Waals surface area contributed by atoms with Crippen molar-refractivity contribution in [2.45, 2.75) is 44.4 Å². The molecule has 0 saturated carbocycles. The molecule has 0 fully saturated rings. The molecule has 1 aliphatic carbocycles. The molecule has 118 valence electrons. The van der Waals surface area contributed by atoms with Crippen LogP contribution in [0, 0.1) is 6.92 Å². The summed E-state index contributed by atoms with van der Waals surface area (Å²) in [5.74, 6) is 0.842. The molecule has 1 aliphatic rings. The zero-order chi connectivity index (χ0) is 15.5. The summed E-state index contributed by atoms with van der Waals surface area (Å²) in [6.07, 6.45) is 4.70. The third kappa shape index (κ3) is 3.67. The fourth-order valence-electron chi connectivity index (χ4n) is 2.33. The van der Waals surface area contributed by atoms with Crippen LogP contribution in [0.25, 0.3) is 0 Å². The highest BCUT2D eigenvalue weighted by atomic mass is 32.2. The second-order valence-electron chi connectivity index (χ2n) is 5.31. The van der Waals surface area contributed by atoms with Gasteiger partial charge in [-0.1, -0.05) is 11.8 Å². The lowest BCUT2D eigenvalue weighted by molar-refractivity contribution is -0.127. The second-order valence-corrected chi connectivity index (χ2v) is 7.40. The molecule has 0 aromatic carbocycles. The molecule has 0 aliphatic heterocycles. The summed E-state index contributed by atoms with van der Waals surface area (Å²) in [6.45, 7) is 2.30. The van der Waals surface area contributed by atoms with Crippen LogP contribution in [-0.4, -0.2) is 38.8 Å². The number of carbonyl (C=O) groups excluding carboxylic acids is 1. The zero-order valence-electron chi connectivity index (χ0n) is 12.7. The van der Waals surface area contributed by atoms with Crippen molar-refractivity contribution >= 4 is 29.0 Å². The van der Waals surface area contributed by atoms with Gasteiger partial charge < -0.3 is 9.32 Å². The summed E-state index contributed by atoms with van der Waals surface area (Å²) < 4.78 is 5.25. The monoisotopic (exact) mass is 338 g/mol. The number of nitrogens with zero attached hydrogens (tertiary/aromatic N) is 4. The minimum atomic E-state index is 0.0361. The van der Waals surface area contributed by atoms with E-state index in [4.69, 9.17) is 4.42 Å². The van der Waals surface area contributed by atoms with Crippen LogP contribution in [0.15, 0.2) is 9.64 Å². The normalized spacial score (nSPS) is 13.9. The second kappa shape index (κ2) is 6.78. The lowest BCUT2D eigenvalue weighted by Crippen LogP contribution is -2.27. The van der Waals surface area contributed by atoms with Crippen LogP contribution < -0.4 is 0 Å². The van der Waals surface area contributed by atoms with Gasteiger partial charge in [-0.15, -0.1) is 21.5 Å². The van der Waals surface area contributed by atoms with Gasteiger partial charge >= 0.3 is 0 Å². The van der Waals surface area contributed by atoms with E-state index in [0.29, 0.717) is 23.4 Å². The van der Waals surface area contributed by atoms with Crippen molar-refractivity contribution in [1.29, 1.82) is 0 Å². The number of rotatable bonds is 5. The van der Waals surface area contributed by atoms with Crippen molar-refractivity contribution in [2.75, 3.05) is 12.8 Å². The Labute approximate surface area is 137 Å². The Morgan fingerprint density at radius 2 is 2.18 bits per heavy atom. The van der Waals surface area contributed by atoms with Crippen molar-refractivity contribution in [3.05, 3.63) is 21.5 Å². The Morgan fingerprint density at radius 1 is 1.36 bits per heavy atom. The molecule has 0 N–H and O–H groups in total. The molecule has 0 spiro atoms. The molecule has 0 bridgehead atoms. The van der Waals surface area contributed by atoms with E-state index >= 15 is 0 Å². The average molecular weight is 338 g/mol. The van der Waals surface area contributed by atoms with Crippen molar-refractivity contribution < 1.29 is 9.21 Å². The number of thiazole rings is 1.